The molecule has 0 spiro atoms. The first kappa shape index (κ1) is 16.5. The lowest BCUT2D eigenvalue weighted by atomic mass is 10.2. The Morgan fingerprint density at radius 1 is 1.10 bits per heavy atom. The van der Waals surface area contributed by atoms with Crippen LogP contribution in [0.1, 0.15) is 18.1 Å². The van der Waals surface area contributed by atoms with Gasteiger partial charge < -0.3 is 10.1 Å². The molecule has 0 saturated heterocycles. The van der Waals surface area contributed by atoms with E-state index in [0.717, 1.165) is 28.9 Å². The van der Waals surface area contributed by atoms with Crippen LogP contribution in [0.15, 0.2) is 45.3 Å². The fourth-order valence-corrected chi connectivity index (χ4v) is 2.84. The Bertz CT molecular complexity index is 619. The molecule has 112 valence electrons. The average Bonchev–Trinajstić information content (AvgIpc) is 2.45. The van der Waals surface area contributed by atoms with E-state index < -0.39 is 0 Å². The van der Waals surface area contributed by atoms with Gasteiger partial charge in [0.1, 0.15) is 18.2 Å². The predicted molar refractivity (Wildman–Crippen MR) is 90.0 cm³/mol. The number of benzene rings is 2. The van der Waals surface area contributed by atoms with Gasteiger partial charge >= 0.3 is 0 Å². The molecule has 1 N–H and O–H groups in total. The topological polar surface area (TPSA) is 21.3 Å². The van der Waals surface area contributed by atoms with Gasteiger partial charge in [0.2, 0.25) is 0 Å². The van der Waals surface area contributed by atoms with Crippen molar-refractivity contribution in [1.29, 1.82) is 0 Å². The molecular formula is C16H16Br2FNO. The molecule has 5 heteroatoms. The molecule has 0 radical (unpaired) electrons. The van der Waals surface area contributed by atoms with E-state index in [4.69, 9.17) is 4.74 Å². The zero-order chi connectivity index (χ0) is 15.2. The summed E-state index contributed by atoms with van der Waals surface area (Å²) in [5, 5.41) is 3.28. The van der Waals surface area contributed by atoms with Crippen molar-refractivity contribution in [2.75, 3.05) is 6.54 Å². The summed E-state index contributed by atoms with van der Waals surface area (Å²) in [7, 11) is 0. The minimum absolute atomic E-state index is 0.264. The van der Waals surface area contributed by atoms with Crippen LogP contribution < -0.4 is 10.1 Å². The first-order valence-corrected chi connectivity index (χ1v) is 8.24. The molecule has 0 heterocycles. The maximum Gasteiger partial charge on any atom is 0.134 e. The fourth-order valence-electron chi connectivity index (χ4n) is 1.83. The molecule has 0 aliphatic rings. The summed E-state index contributed by atoms with van der Waals surface area (Å²) in [5.74, 6) is 0.506. The molecule has 2 nitrogen and oxygen atoms in total. The minimum atomic E-state index is -0.264. The maximum atomic E-state index is 13.0. The second-order valence-corrected chi connectivity index (χ2v) is 6.28. The Morgan fingerprint density at radius 3 is 2.57 bits per heavy atom. The lowest BCUT2D eigenvalue weighted by molar-refractivity contribution is 0.303. The van der Waals surface area contributed by atoms with Gasteiger partial charge in [-0.25, -0.2) is 4.39 Å². The summed E-state index contributed by atoms with van der Waals surface area (Å²) >= 11 is 6.86. The van der Waals surface area contributed by atoms with Gasteiger partial charge in [-0.1, -0.05) is 35.0 Å². The van der Waals surface area contributed by atoms with Gasteiger partial charge in [-0.15, -0.1) is 0 Å². The van der Waals surface area contributed by atoms with Crippen LogP contribution in [-0.4, -0.2) is 6.54 Å². The molecule has 2 aromatic carbocycles. The summed E-state index contributed by atoms with van der Waals surface area (Å²) in [5.41, 5.74) is 2.10. The van der Waals surface area contributed by atoms with Crippen LogP contribution in [0.4, 0.5) is 4.39 Å². The number of hydrogen-bond donors (Lipinski definition) is 1. The standard InChI is InChI=1S/C16H16Br2FNO/c1-2-20-9-11-3-6-16(15(18)7-11)21-10-12-4-5-13(19)8-14(12)17/h3-8,20H,2,9-10H2,1H3. The monoisotopic (exact) mass is 415 g/mol. The van der Waals surface area contributed by atoms with Gasteiger partial charge in [-0.05, 0) is 52.3 Å². The van der Waals surface area contributed by atoms with Crippen LogP contribution in [0, 0.1) is 5.82 Å². The lowest BCUT2D eigenvalue weighted by Crippen LogP contribution is -2.11. The van der Waals surface area contributed by atoms with Gasteiger partial charge in [0, 0.05) is 16.6 Å². The van der Waals surface area contributed by atoms with Gasteiger partial charge in [-0.3, -0.25) is 0 Å². The summed E-state index contributed by atoms with van der Waals surface area (Å²) < 4.78 is 20.4. The Labute approximate surface area is 141 Å². The highest BCUT2D eigenvalue weighted by atomic mass is 79.9. The third-order valence-electron chi connectivity index (χ3n) is 2.97. The Morgan fingerprint density at radius 2 is 1.90 bits per heavy atom. The van der Waals surface area contributed by atoms with Crippen LogP contribution in [0.2, 0.25) is 0 Å². The zero-order valence-corrected chi connectivity index (χ0v) is 14.8. The van der Waals surface area contributed by atoms with Crippen molar-refractivity contribution in [3.63, 3.8) is 0 Å². The van der Waals surface area contributed by atoms with Crippen molar-refractivity contribution in [3.8, 4) is 5.75 Å². The molecule has 0 aliphatic carbocycles. The van der Waals surface area contributed by atoms with E-state index in [2.05, 4.69) is 44.1 Å². The van der Waals surface area contributed by atoms with Crippen LogP contribution in [0.5, 0.6) is 5.75 Å². The van der Waals surface area contributed by atoms with Crippen molar-refractivity contribution in [3.05, 3.63) is 62.3 Å². The number of hydrogen-bond acceptors (Lipinski definition) is 2. The Balaban J connectivity index is 2.02. The minimum Gasteiger partial charge on any atom is -0.488 e. The molecule has 0 bridgehead atoms. The lowest BCUT2D eigenvalue weighted by Gasteiger charge is -2.11. The SMILES string of the molecule is CCNCc1ccc(OCc2ccc(F)cc2Br)c(Br)c1. The van der Waals surface area contributed by atoms with E-state index in [9.17, 15) is 4.39 Å². The average molecular weight is 417 g/mol. The van der Waals surface area contributed by atoms with Crippen molar-refractivity contribution in [1.82, 2.24) is 5.32 Å². The highest BCUT2D eigenvalue weighted by Gasteiger charge is 2.06. The van der Waals surface area contributed by atoms with Gasteiger partial charge in [-0.2, -0.15) is 0 Å². The molecule has 0 atom stereocenters. The second-order valence-electron chi connectivity index (χ2n) is 4.57. The highest BCUT2D eigenvalue weighted by Crippen LogP contribution is 2.28. The van der Waals surface area contributed by atoms with Crippen LogP contribution in [0.3, 0.4) is 0 Å². The van der Waals surface area contributed by atoms with Crippen LogP contribution in [-0.2, 0) is 13.2 Å². The van der Waals surface area contributed by atoms with E-state index in [1.165, 1.54) is 17.7 Å². The summed E-state index contributed by atoms with van der Waals surface area (Å²) in [6.07, 6.45) is 0. The molecule has 21 heavy (non-hydrogen) atoms. The van der Waals surface area contributed by atoms with E-state index in [1.807, 2.05) is 18.2 Å². The molecule has 0 unspecified atom stereocenters. The van der Waals surface area contributed by atoms with Crippen molar-refractivity contribution in [2.24, 2.45) is 0 Å². The largest absolute Gasteiger partial charge is 0.488 e. The zero-order valence-electron chi connectivity index (χ0n) is 11.6. The number of rotatable bonds is 6. The highest BCUT2D eigenvalue weighted by molar-refractivity contribution is 9.10. The first-order valence-electron chi connectivity index (χ1n) is 6.66. The first-order chi connectivity index (χ1) is 10.1. The number of ether oxygens (including phenoxy) is 1. The Hall–Kier alpha value is -0.910. The quantitative estimate of drug-likeness (QED) is 0.712. The normalized spacial score (nSPS) is 10.7. The molecule has 0 fully saturated rings. The molecule has 2 aromatic rings. The second kappa shape index (κ2) is 7.92. The van der Waals surface area contributed by atoms with E-state index in [-0.39, 0.29) is 5.82 Å². The van der Waals surface area contributed by atoms with E-state index >= 15 is 0 Å². The van der Waals surface area contributed by atoms with E-state index in [0.29, 0.717) is 11.1 Å². The third kappa shape index (κ3) is 4.80. The molecular weight excluding hydrogens is 401 g/mol. The number of halogens is 3. The molecule has 0 saturated carbocycles. The fraction of sp³-hybridized carbons (Fsp3) is 0.250. The summed E-state index contributed by atoms with van der Waals surface area (Å²) in [6, 6.07) is 10.6. The smallest absolute Gasteiger partial charge is 0.134 e. The molecule has 0 aromatic heterocycles. The predicted octanol–water partition coefficient (Wildman–Crippen LogP) is 5.04. The van der Waals surface area contributed by atoms with Crippen LogP contribution >= 0.6 is 31.9 Å². The van der Waals surface area contributed by atoms with Crippen molar-refractivity contribution < 1.29 is 9.13 Å². The Kier molecular flexibility index (Phi) is 6.21. The van der Waals surface area contributed by atoms with Crippen molar-refractivity contribution >= 4 is 31.9 Å². The van der Waals surface area contributed by atoms with Gasteiger partial charge in [0.15, 0.2) is 0 Å². The van der Waals surface area contributed by atoms with Gasteiger partial charge in [0.05, 0.1) is 4.47 Å². The molecule has 2 rings (SSSR count). The van der Waals surface area contributed by atoms with E-state index in [1.54, 1.807) is 6.07 Å². The molecule has 0 amide bonds. The van der Waals surface area contributed by atoms with Gasteiger partial charge in [0.25, 0.3) is 0 Å². The third-order valence-corrected chi connectivity index (χ3v) is 4.33. The summed E-state index contributed by atoms with van der Waals surface area (Å²) in [4.78, 5) is 0. The van der Waals surface area contributed by atoms with Crippen molar-refractivity contribution in [2.45, 2.75) is 20.1 Å². The number of nitrogens with one attached hydrogen (secondary N) is 1. The summed E-state index contributed by atoms with van der Waals surface area (Å²) in [6.45, 7) is 4.23. The van der Waals surface area contributed by atoms with Crippen LogP contribution in [0.25, 0.3) is 0 Å². The maximum absolute atomic E-state index is 13.0. The molecule has 0 aliphatic heterocycles.